The van der Waals surface area contributed by atoms with Gasteiger partial charge in [0.2, 0.25) is 0 Å². The minimum atomic E-state index is -0.475. The highest BCUT2D eigenvalue weighted by atomic mass is 16.6. The molecule has 1 N–H and O–H groups in total. The number of pyridine rings is 1. The second-order valence-corrected chi connectivity index (χ2v) is 11.6. The number of carbonyl (C=O) groups is 1. The number of morpholine rings is 1. The summed E-state index contributed by atoms with van der Waals surface area (Å²) >= 11 is 0. The standard InChI is InChI=1S/C30H39N7O3/c1-22-20-36(27-10-9-25(17-31)37-28(27)11-12-33-37)21-26(39-22)19-32-18-23-5-7-24(8-6-23)34-13-15-35(16-14-34)29(38)40-30(2,3)4/h5-12,22,26,32H,13-16,18-21H2,1-4H3/t22-,26+/m1/s1. The Balaban J connectivity index is 1.11. The number of piperazine rings is 1. The molecule has 0 unspecified atom stereocenters. The number of hydrogen-bond donors (Lipinski definition) is 1. The van der Waals surface area contributed by atoms with Crippen molar-refractivity contribution in [3.63, 3.8) is 0 Å². The van der Waals surface area contributed by atoms with Crippen LogP contribution in [-0.2, 0) is 16.0 Å². The van der Waals surface area contributed by atoms with Crippen LogP contribution in [0.1, 0.15) is 39.0 Å². The number of aromatic nitrogens is 2. The van der Waals surface area contributed by atoms with Crippen molar-refractivity contribution in [2.75, 3.05) is 55.6 Å². The van der Waals surface area contributed by atoms with E-state index in [0.29, 0.717) is 18.8 Å². The number of nitrogens with zero attached hydrogens (tertiary/aromatic N) is 6. The van der Waals surface area contributed by atoms with Crippen LogP contribution in [0, 0.1) is 11.3 Å². The van der Waals surface area contributed by atoms with Crippen LogP contribution in [0.4, 0.5) is 16.2 Å². The zero-order chi connectivity index (χ0) is 28.3. The SMILES string of the molecule is C[C@@H]1CN(c2ccc(C#N)n3nccc23)C[C@H](CNCc2ccc(N3CCN(C(=O)OC(C)(C)C)CC3)cc2)O1. The average Bonchev–Trinajstić information content (AvgIpc) is 3.42. The molecule has 3 aromatic rings. The molecule has 0 spiro atoms. The fraction of sp³-hybridized carbons (Fsp3) is 0.500. The highest BCUT2D eigenvalue weighted by Gasteiger charge is 2.28. The third-order valence-corrected chi connectivity index (χ3v) is 7.25. The Labute approximate surface area is 236 Å². The third-order valence-electron chi connectivity index (χ3n) is 7.25. The first-order chi connectivity index (χ1) is 19.2. The molecule has 10 heteroatoms. The van der Waals surface area contributed by atoms with Crippen LogP contribution >= 0.6 is 0 Å². The zero-order valence-corrected chi connectivity index (χ0v) is 23.8. The van der Waals surface area contributed by atoms with Crippen molar-refractivity contribution < 1.29 is 14.3 Å². The molecule has 10 nitrogen and oxygen atoms in total. The van der Waals surface area contributed by atoms with E-state index in [1.165, 1.54) is 11.3 Å². The van der Waals surface area contributed by atoms with Gasteiger partial charge in [-0.15, -0.1) is 0 Å². The molecule has 40 heavy (non-hydrogen) atoms. The summed E-state index contributed by atoms with van der Waals surface area (Å²) in [5.41, 5.74) is 4.44. The van der Waals surface area contributed by atoms with Crippen molar-refractivity contribution in [3.05, 3.63) is 59.9 Å². The zero-order valence-electron chi connectivity index (χ0n) is 23.8. The van der Waals surface area contributed by atoms with E-state index < -0.39 is 5.60 Å². The van der Waals surface area contributed by atoms with Crippen LogP contribution in [0.5, 0.6) is 0 Å². The summed E-state index contributed by atoms with van der Waals surface area (Å²) in [7, 11) is 0. The van der Waals surface area contributed by atoms with Crippen LogP contribution in [-0.4, -0.2) is 84.2 Å². The molecule has 1 aromatic carbocycles. The van der Waals surface area contributed by atoms with Gasteiger partial charge >= 0.3 is 6.09 Å². The van der Waals surface area contributed by atoms with Gasteiger partial charge in [-0.05, 0) is 63.6 Å². The summed E-state index contributed by atoms with van der Waals surface area (Å²) in [5.74, 6) is 0. The number of ether oxygens (including phenoxy) is 2. The van der Waals surface area contributed by atoms with Gasteiger partial charge < -0.3 is 29.5 Å². The lowest BCUT2D eigenvalue weighted by atomic mass is 10.1. The van der Waals surface area contributed by atoms with Crippen LogP contribution in [0.2, 0.25) is 0 Å². The molecule has 5 rings (SSSR count). The summed E-state index contributed by atoms with van der Waals surface area (Å²) in [6, 6.07) is 16.6. The van der Waals surface area contributed by atoms with E-state index in [0.717, 1.165) is 50.5 Å². The van der Waals surface area contributed by atoms with Crippen molar-refractivity contribution in [3.8, 4) is 6.07 Å². The maximum absolute atomic E-state index is 12.3. The maximum atomic E-state index is 12.3. The third kappa shape index (κ3) is 6.49. The molecule has 2 saturated heterocycles. The van der Waals surface area contributed by atoms with Crippen LogP contribution in [0.25, 0.3) is 5.52 Å². The lowest BCUT2D eigenvalue weighted by Crippen LogP contribution is -2.50. The summed E-state index contributed by atoms with van der Waals surface area (Å²) in [4.78, 5) is 18.8. The molecule has 2 aliphatic rings. The van der Waals surface area contributed by atoms with Crippen LogP contribution in [0.3, 0.4) is 0 Å². The van der Waals surface area contributed by atoms with E-state index >= 15 is 0 Å². The van der Waals surface area contributed by atoms with Crippen LogP contribution < -0.4 is 15.1 Å². The smallest absolute Gasteiger partial charge is 0.410 e. The van der Waals surface area contributed by atoms with E-state index in [2.05, 4.69) is 57.5 Å². The molecule has 0 saturated carbocycles. The van der Waals surface area contributed by atoms with E-state index in [4.69, 9.17) is 9.47 Å². The summed E-state index contributed by atoms with van der Waals surface area (Å²) in [6.07, 6.45) is 1.63. The highest BCUT2D eigenvalue weighted by Crippen LogP contribution is 2.26. The van der Waals surface area contributed by atoms with Gasteiger partial charge in [0.05, 0.1) is 29.6 Å². The monoisotopic (exact) mass is 545 g/mol. The van der Waals surface area contributed by atoms with Crippen molar-refractivity contribution in [2.45, 2.75) is 52.0 Å². The van der Waals surface area contributed by atoms with Crippen LogP contribution in [0.15, 0.2) is 48.7 Å². The van der Waals surface area contributed by atoms with Gasteiger partial charge in [-0.3, -0.25) is 0 Å². The maximum Gasteiger partial charge on any atom is 0.410 e. The minimum absolute atomic E-state index is 0.0444. The lowest BCUT2D eigenvalue weighted by molar-refractivity contribution is -0.0147. The predicted octanol–water partition coefficient (Wildman–Crippen LogP) is 3.65. The first-order valence-corrected chi connectivity index (χ1v) is 14.0. The van der Waals surface area contributed by atoms with Gasteiger partial charge in [0, 0.05) is 58.0 Å². The number of hydrogen-bond acceptors (Lipinski definition) is 8. The molecule has 2 aliphatic heterocycles. The van der Waals surface area contributed by atoms with E-state index in [1.807, 2.05) is 39.0 Å². The molecule has 0 bridgehead atoms. The second-order valence-electron chi connectivity index (χ2n) is 11.6. The summed E-state index contributed by atoms with van der Waals surface area (Å²) in [6.45, 7) is 13.7. The molecule has 2 atom stereocenters. The lowest BCUT2D eigenvalue weighted by Gasteiger charge is -2.38. The van der Waals surface area contributed by atoms with Crippen molar-refractivity contribution in [1.29, 1.82) is 5.26 Å². The predicted molar refractivity (Wildman–Crippen MR) is 155 cm³/mol. The molecule has 0 radical (unpaired) electrons. The van der Waals surface area contributed by atoms with Crippen molar-refractivity contribution >= 4 is 23.0 Å². The topological polar surface area (TPSA) is 98.4 Å². The molecule has 2 fully saturated rings. The van der Waals surface area contributed by atoms with Gasteiger partial charge in [-0.2, -0.15) is 10.4 Å². The van der Waals surface area contributed by atoms with E-state index in [9.17, 15) is 10.1 Å². The van der Waals surface area contributed by atoms with Gasteiger partial charge in [-0.1, -0.05) is 12.1 Å². The summed E-state index contributed by atoms with van der Waals surface area (Å²) in [5, 5.41) is 17.3. The Morgan fingerprint density at radius 1 is 1.07 bits per heavy atom. The van der Waals surface area contributed by atoms with Crippen molar-refractivity contribution in [2.24, 2.45) is 0 Å². The molecule has 1 amide bonds. The van der Waals surface area contributed by atoms with Gasteiger partial charge in [-0.25, -0.2) is 9.31 Å². The minimum Gasteiger partial charge on any atom is -0.444 e. The highest BCUT2D eigenvalue weighted by molar-refractivity contribution is 5.74. The number of nitriles is 1. The first-order valence-electron chi connectivity index (χ1n) is 14.0. The quantitative estimate of drug-likeness (QED) is 0.501. The molecule has 2 aromatic heterocycles. The molecule has 0 aliphatic carbocycles. The number of fused-ring (bicyclic) bond motifs is 1. The fourth-order valence-electron chi connectivity index (χ4n) is 5.39. The van der Waals surface area contributed by atoms with Gasteiger partial charge in [0.15, 0.2) is 0 Å². The number of anilines is 2. The van der Waals surface area contributed by atoms with Gasteiger partial charge in [0.25, 0.3) is 0 Å². The molecule has 4 heterocycles. The second kappa shape index (κ2) is 11.7. The van der Waals surface area contributed by atoms with E-state index in [-0.39, 0.29) is 18.3 Å². The Morgan fingerprint density at radius 3 is 2.52 bits per heavy atom. The molecular formula is C30H39N7O3. The number of amides is 1. The average molecular weight is 546 g/mol. The first kappa shape index (κ1) is 27.7. The number of nitrogens with one attached hydrogen (secondary N) is 1. The summed E-state index contributed by atoms with van der Waals surface area (Å²) < 4.78 is 13.5. The number of carbonyl (C=O) groups excluding carboxylic acids is 1. The normalized spacial score (nSPS) is 20.0. The largest absolute Gasteiger partial charge is 0.444 e. The van der Waals surface area contributed by atoms with E-state index in [1.54, 1.807) is 15.6 Å². The van der Waals surface area contributed by atoms with Crippen molar-refractivity contribution in [1.82, 2.24) is 19.8 Å². The Bertz CT molecular complexity index is 1350. The number of rotatable bonds is 6. The fourth-order valence-corrected chi connectivity index (χ4v) is 5.39. The Kier molecular flexibility index (Phi) is 8.14. The Morgan fingerprint density at radius 2 is 1.82 bits per heavy atom. The molecular weight excluding hydrogens is 506 g/mol. The molecule has 212 valence electrons. The van der Waals surface area contributed by atoms with Gasteiger partial charge in [0.1, 0.15) is 17.4 Å². The Hall–Kier alpha value is -3.81. The number of benzene rings is 1.